The first-order chi connectivity index (χ1) is 19.6. The van der Waals surface area contributed by atoms with Crippen LogP contribution in [0.5, 0.6) is 0 Å². The van der Waals surface area contributed by atoms with Crippen LogP contribution >= 0.6 is 11.6 Å². The van der Waals surface area contributed by atoms with E-state index in [2.05, 4.69) is 25.4 Å². The van der Waals surface area contributed by atoms with Crippen molar-refractivity contribution in [2.75, 3.05) is 16.8 Å². The standard InChI is InChI=1S/C28H23ClF3N7O2/c1-13-5-17(38-11-15-6-19(15)28(38)41)8-34-25(13)14(2)39-12-16(7-35-39)36-27(40)22-10-33-9-21(37-22)23-18(26(31)32)3-4-20(29)24(23)30/h3-5,7-10,12,14-15,19,26H,6,11H2,1-2H3,(H,36,40)/t14?,15-,19-/m1/s1. The lowest BCUT2D eigenvalue weighted by atomic mass is 10.0. The molecule has 0 bridgehead atoms. The fourth-order valence-corrected chi connectivity index (χ4v) is 5.36. The lowest BCUT2D eigenvalue weighted by Crippen LogP contribution is -2.28. The predicted octanol–water partition coefficient (Wildman–Crippen LogP) is 5.62. The van der Waals surface area contributed by atoms with Gasteiger partial charge in [0, 0.05) is 29.8 Å². The summed E-state index contributed by atoms with van der Waals surface area (Å²) in [7, 11) is 0. The van der Waals surface area contributed by atoms with Gasteiger partial charge in [0.2, 0.25) is 5.91 Å². The number of alkyl halides is 2. The fraction of sp³-hybridized carbons (Fsp3) is 0.286. The number of aromatic nitrogens is 5. The summed E-state index contributed by atoms with van der Waals surface area (Å²) in [6.45, 7) is 4.55. The van der Waals surface area contributed by atoms with Gasteiger partial charge in [0.15, 0.2) is 5.82 Å². The highest BCUT2D eigenvalue weighted by molar-refractivity contribution is 6.31. The molecule has 210 valence electrons. The van der Waals surface area contributed by atoms with E-state index in [9.17, 15) is 22.8 Å². The highest BCUT2D eigenvalue weighted by atomic mass is 35.5. The normalized spacial score (nSPS) is 18.5. The Hall–Kier alpha value is -4.32. The number of piperidine rings is 1. The van der Waals surface area contributed by atoms with Crippen LogP contribution in [0.1, 0.15) is 53.1 Å². The van der Waals surface area contributed by atoms with Gasteiger partial charge >= 0.3 is 0 Å². The summed E-state index contributed by atoms with van der Waals surface area (Å²) in [4.78, 5) is 39.7. The number of carbonyl (C=O) groups excluding carboxylic acids is 2. The summed E-state index contributed by atoms with van der Waals surface area (Å²) in [5, 5.41) is 6.62. The largest absolute Gasteiger partial charge is 0.318 e. The number of rotatable bonds is 7. The third-order valence-electron chi connectivity index (χ3n) is 7.48. The van der Waals surface area contributed by atoms with Crippen LogP contribution in [0.4, 0.5) is 24.5 Å². The van der Waals surface area contributed by atoms with Crippen molar-refractivity contribution in [3.05, 3.63) is 82.5 Å². The Kier molecular flexibility index (Phi) is 6.72. The van der Waals surface area contributed by atoms with Gasteiger partial charge in [0.1, 0.15) is 5.69 Å². The zero-order chi connectivity index (χ0) is 29.0. The minimum absolute atomic E-state index is 0.159. The van der Waals surface area contributed by atoms with E-state index in [1.165, 1.54) is 6.20 Å². The molecule has 1 saturated heterocycles. The number of anilines is 2. The fourth-order valence-electron chi connectivity index (χ4n) is 5.20. The molecule has 1 aliphatic heterocycles. The van der Waals surface area contributed by atoms with Crippen LogP contribution in [0, 0.1) is 24.6 Å². The SMILES string of the molecule is Cc1cc(N2C[C@H]3C[C@H]3C2=O)cnc1C(C)n1cc(NC(=O)c2cncc(-c3c(C(F)F)ccc(Cl)c3F)n2)cn1. The van der Waals surface area contributed by atoms with Gasteiger partial charge in [0.05, 0.1) is 58.6 Å². The van der Waals surface area contributed by atoms with E-state index in [1.807, 2.05) is 19.9 Å². The van der Waals surface area contributed by atoms with Gasteiger partial charge in [-0.2, -0.15) is 5.10 Å². The lowest BCUT2D eigenvalue weighted by molar-refractivity contribution is -0.118. The van der Waals surface area contributed by atoms with Crippen molar-refractivity contribution in [3.8, 4) is 11.3 Å². The highest BCUT2D eigenvalue weighted by Crippen LogP contribution is 2.47. The maximum atomic E-state index is 14.7. The van der Waals surface area contributed by atoms with E-state index < -0.39 is 29.3 Å². The van der Waals surface area contributed by atoms with Crippen molar-refractivity contribution in [1.29, 1.82) is 0 Å². The monoisotopic (exact) mass is 581 g/mol. The number of nitrogens with one attached hydrogen (secondary N) is 1. The number of hydrogen-bond donors (Lipinski definition) is 1. The molecule has 1 N–H and O–H groups in total. The number of halogens is 4. The average molecular weight is 582 g/mol. The Bertz CT molecular complexity index is 1700. The van der Waals surface area contributed by atoms with E-state index in [0.717, 1.165) is 54.4 Å². The summed E-state index contributed by atoms with van der Waals surface area (Å²) in [5.41, 5.74) is 1.17. The molecule has 4 heterocycles. The number of hydrogen-bond acceptors (Lipinski definition) is 6. The zero-order valence-electron chi connectivity index (χ0n) is 21.9. The molecule has 6 rings (SSSR count). The van der Waals surface area contributed by atoms with E-state index in [-0.39, 0.29) is 34.3 Å². The highest BCUT2D eigenvalue weighted by Gasteiger charge is 2.52. The Morgan fingerprint density at radius 1 is 1.20 bits per heavy atom. The van der Waals surface area contributed by atoms with Crippen molar-refractivity contribution >= 4 is 34.8 Å². The van der Waals surface area contributed by atoms with Crippen molar-refractivity contribution < 1.29 is 22.8 Å². The van der Waals surface area contributed by atoms with Crippen LogP contribution in [0.25, 0.3) is 11.3 Å². The van der Waals surface area contributed by atoms with Gasteiger partial charge < -0.3 is 10.2 Å². The van der Waals surface area contributed by atoms with Crippen LogP contribution in [0.2, 0.25) is 5.02 Å². The van der Waals surface area contributed by atoms with Gasteiger partial charge in [-0.05, 0) is 43.9 Å². The summed E-state index contributed by atoms with van der Waals surface area (Å²) in [6.07, 6.45) is 4.95. The van der Waals surface area contributed by atoms with Crippen molar-refractivity contribution in [1.82, 2.24) is 24.7 Å². The van der Waals surface area contributed by atoms with E-state index in [0.29, 0.717) is 11.6 Å². The van der Waals surface area contributed by atoms with Gasteiger partial charge in [-0.15, -0.1) is 0 Å². The number of pyridine rings is 1. The maximum Gasteiger partial charge on any atom is 0.275 e. The summed E-state index contributed by atoms with van der Waals surface area (Å²) < 4.78 is 43.4. The second kappa shape index (κ2) is 10.3. The van der Waals surface area contributed by atoms with Gasteiger partial charge in [0.25, 0.3) is 12.3 Å². The quantitative estimate of drug-likeness (QED) is 0.304. The number of benzene rings is 1. The first kappa shape index (κ1) is 26.9. The summed E-state index contributed by atoms with van der Waals surface area (Å²) >= 11 is 5.81. The minimum Gasteiger partial charge on any atom is -0.318 e. The minimum atomic E-state index is -2.99. The molecule has 2 aliphatic rings. The number of carbonyl (C=O) groups is 2. The third-order valence-corrected chi connectivity index (χ3v) is 7.77. The second-order valence-corrected chi connectivity index (χ2v) is 10.6. The zero-order valence-corrected chi connectivity index (χ0v) is 22.6. The molecule has 41 heavy (non-hydrogen) atoms. The number of fused-ring (bicyclic) bond motifs is 1. The van der Waals surface area contributed by atoms with Crippen LogP contribution in [-0.4, -0.2) is 43.1 Å². The topological polar surface area (TPSA) is 106 Å². The molecule has 1 aromatic carbocycles. The third kappa shape index (κ3) is 4.92. The molecular formula is C28H23ClF3N7O2. The molecule has 9 nitrogen and oxygen atoms in total. The van der Waals surface area contributed by atoms with Crippen molar-refractivity contribution in [2.45, 2.75) is 32.7 Å². The molecule has 13 heteroatoms. The van der Waals surface area contributed by atoms with Crippen LogP contribution < -0.4 is 10.2 Å². The van der Waals surface area contributed by atoms with Crippen molar-refractivity contribution in [2.24, 2.45) is 11.8 Å². The predicted molar refractivity (Wildman–Crippen MR) is 144 cm³/mol. The Morgan fingerprint density at radius 3 is 2.71 bits per heavy atom. The van der Waals surface area contributed by atoms with E-state index in [4.69, 9.17) is 11.6 Å². The molecule has 4 aromatic rings. The van der Waals surface area contributed by atoms with Gasteiger partial charge in [-0.1, -0.05) is 17.7 Å². The van der Waals surface area contributed by atoms with E-state index in [1.54, 1.807) is 22.0 Å². The van der Waals surface area contributed by atoms with Gasteiger partial charge in [-0.3, -0.25) is 24.2 Å². The lowest BCUT2D eigenvalue weighted by Gasteiger charge is -2.21. The van der Waals surface area contributed by atoms with E-state index >= 15 is 0 Å². The van der Waals surface area contributed by atoms with Gasteiger partial charge in [-0.25, -0.2) is 18.2 Å². The number of aryl methyl sites for hydroxylation is 1. The Balaban J connectivity index is 1.18. The molecule has 0 radical (unpaired) electrons. The molecule has 1 saturated carbocycles. The molecule has 2 fully saturated rings. The summed E-state index contributed by atoms with van der Waals surface area (Å²) in [5.74, 6) is -0.993. The van der Waals surface area contributed by atoms with Crippen LogP contribution in [-0.2, 0) is 4.79 Å². The summed E-state index contributed by atoms with van der Waals surface area (Å²) in [6, 6.07) is 3.70. The Labute approximate surface area is 237 Å². The van der Waals surface area contributed by atoms with Crippen LogP contribution in [0.3, 0.4) is 0 Å². The molecule has 0 spiro atoms. The maximum absolute atomic E-state index is 14.7. The molecule has 3 aromatic heterocycles. The molecule has 1 aliphatic carbocycles. The second-order valence-electron chi connectivity index (χ2n) is 10.2. The number of amides is 2. The van der Waals surface area contributed by atoms with Crippen LogP contribution in [0.15, 0.2) is 49.2 Å². The molecule has 3 atom stereocenters. The average Bonchev–Trinajstić information content (AvgIpc) is 3.45. The van der Waals surface area contributed by atoms with Crippen molar-refractivity contribution in [3.63, 3.8) is 0 Å². The molecule has 2 amide bonds. The molecule has 1 unspecified atom stereocenters. The Morgan fingerprint density at radius 2 is 2.00 bits per heavy atom. The molecular weight excluding hydrogens is 559 g/mol. The number of nitrogens with zero attached hydrogens (tertiary/aromatic N) is 6. The first-order valence-corrected chi connectivity index (χ1v) is 13.2. The first-order valence-electron chi connectivity index (χ1n) is 12.8. The smallest absolute Gasteiger partial charge is 0.275 e.